The minimum atomic E-state index is -1.26. The average Bonchev–Trinajstić information content (AvgIpc) is 2.57. The second-order valence-corrected chi connectivity index (χ2v) is 7.98. The number of hydrogen-bond donors (Lipinski definition) is 2. The molecule has 2 aliphatic rings. The van der Waals surface area contributed by atoms with E-state index >= 15 is 0 Å². The Morgan fingerprint density at radius 2 is 1.65 bits per heavy atom. The lowest BCUT2D eigenvalue weighted by molar-refractivity contribution is 0.0726. The smallest absolute Gasteiger partial charge is 0.175 e. The van der Waals surface area contributed by atoms with E-state index in [1.165, 1.54) is 25.9 Å². The zero-order valence-corrected chi connectivity index (χ0v) is 14.6. The van der Waals surface area contributed by atoms with Crippen LogP contribution in [-0.2, 0) is 11.4 Å². The molecule has 0 bridgehead atoms. The SMILES string of the molecule is CC1CCN(C2CCN(N[S+]([O-])c3ccc(O)cc3)CC2)CC1. The van der Waals surface area contributed by atoms with E-state index in [1.807, 2.05) is 0 Å². The van der Waals surface area contributed by atoms with Crippen LogP contribution in [0.15, 0.2) is 29.2 Å². The summed E-state index contributed by atoms with van der Waals surface area (Å²) >= 11 is -1.26. The van der Waals surface area contributed by atoms with Gasteiger partial charge in [0.25, 0.3) is 0 Å². The Hall–Kier alpha value is -0.790. The van der Waals surface area contributed by atoms with Crippen molar-refractivity contribution in [2.75, 3.05) is 26.2 Å². The molecule has 3 rings (SSSR count). The summed E-state index contributed by atoms with van der Waals surface area (Å²) in [6.07, 6.45) is 4.91. The summed E-state index contributed by atoms with van der Waals surface area (Å²) in [5, 5.41) is 11.4. The Balaban J connectivity index is 1.44. The van der Waals surface area contributed by atoms with E-state index in [2.05, 4.69) is 21.7 Å². The highest BCUT2D eigenvalue weighted by Crippen LogP contribution is 2.23. The fourth-order valence-electron chi connectivity index (χ4n) is 3.46. The number of hydrazine groups is 1. The average molecular weight is 337 g/mol. The highest BCUT2D eigenvalue weighted by molar-refractivity contribution is 7.89. The van der Waals surface area contributed by atoms with Crippen LogP contribution in [0.25, 0.3) is 0 Å². The molecule has 5 nitrogen and oxygen atoms in total. The summed E-state index contributed by atoms with van der Waals surface area (Å²) in [6.45, 7) is 6.68. The molecule has 6 heteroatoms. The number of likely N-dealkylation sites (tertiary alicyclic amines) is 1. The van der Waals surface area contributed by atoms with Crippen LogP contribution in [0, 0.1) is 5.92 Å². The number of aromatic hydroxyl groups is 1. The molecule has 0 radical (unpaired) electrons. The van der Waals surface area contributed by atoms with E-state index in [4.69, 9.17) is 0 Å². The minimum Gasteiger partial charge on any atom is -0.592 e. The predicted molar refractivity (Wildman–Crippen MR) is 92.2 cm³/mol. The fourth-order valence-corrected chi connectivity index (χ4v) is 4.36. The second kappa shape index (κ2) is 7.85. The third-order valence-corrected chi connectivity index (χ3v) is 6.19. The van der Waals surface area contributed by atoms with Crippen LogP contribution in [0.4, 0.5) is 0 Å². The molecule has 2 aliphatic heterocycles. The Morgan fingerprint density at radius 3 is 2.26 bits per heavy atom. The summed E-state index contributed by atoms with van der Waals surface area (Å²) in [4.78, 5) is 6.43. The Morgan fingerprint density at radius 1 is 1.04 bits per heavy atom. The van der Waals surface area contributed by atoms with Crippen LogP contribution in [0.5, 0.6) is 5.75 Å². The lowest BCUT2D eigenvalue weighted by Crippen LogP contribution is -2.52. The van der Waals surface area contributed by atoms with Crippen LogP contribution >= 0.6 is 0 Å². The highest BCUT2D eigenvalue weighted by Gasteiger charge is 2.28. The molecule has 1 aromatic rings. The minimum absolute atomic E-state index is 0.197. The van der Waals surface area contributed by atoms with Crippen molar-refractivity contribution in [1.82, 2.24) is 14.7 Å². The van der Waals surface area contributed by atoms with Crippen LogP contribution in [0.1, 0.15) is 32.6 Å². The Labute approximate surface area is 141 Å². The molecule has 0 aromatic heterocycles. The fraction of sp³-hybridized carbons (Fsp3) is 0.647. The van der Waals surface area contributed by atoms with Crippen molar-refractivity contribution in [2.24, 2.45) is 5.92 Å². The molecule has 1 unspecified atom stereocenters. The van der Waals surface area contributed by atoms with Crippen LogP contribution in [0.3, 0.4) is 0 Å². The van der Waals surface area contributed by atoms with Gasteiger partial charge in [0.1, 0.15) is 5.75 Å². The van der Waals surface area contributed by atoms with Gasteiger partial charge in [0.2, 0.25) is 0 Å². The third kappa shape index (κ3) is 4.61. The number of nitrogens with zero attached hydrogens (tertiary/aromatic N) is 2. The largest absolute Gasteiger partial charge is 0.592 e. The Bertz CT molecular complexity index is 483. The molecule has 23 heavy (non-hydrogen) atoms. The molecule has 1 atom stereocenters. The molecule has 2 saturated heterocycles. The van der Waals surface area contributed by atoms with Crippen LogP contribution < -0.4 is 4.83 Å². The maximum atomic E-state index is 12.3. The third-order valence-electron chi connectivity index (χ3n) is 5.06. The van der Waals surface area contributed by atoms with Gasteiger partial charge in [-0.05, 0) is 69.0 Å². The van der Waals surface area contributed by atoms with Gasteiger partial charge in [-0.2, -0.15) is 0 Å². The first-order chi connectivity index (χ1) is 11.1. The van der Waals surface area contributed by atoms with E-state index in [0.29, 0.717) is 10.9 Å². The van der Waals surface area contributed by atoms with Crippen molar-refractivity contribution >= 4 is 11.4 Å². The summed E-state index contributed by atoms with van der Waals surface area (Å²) in [6, 6.07) is 7.21. The molecule has 0 aliphatic carbocycles. The molecule has 0 spiro atoms. The van der Waals surface area contributed by atoms with Gasteiger partial charge < -0.3 is 14.6 Å². The van der Waals surface area contributed by atoms with Gasteiger partial charge in [-0.25, -0.2) is 5.01 Å². The van der Waals surface area contributed by atoms with Crippen molar-refractivity contribution in [1.29, 1.82) is 0 Å². The van der Waals surface area contributed by atoms with Crippen molar-refractivity contribution in [2.45, 2.75) is 43.5 Å². The van der Waals surface area contributed by atoms with E-state index in [0.717, 1.165) is 31.8 Å². The van der Waals surface area contributed by atoms with Crippen molar-refractivity contribution in [3.05, 3.63) is 24.3 Å². The summed E-state index contributed by atoms with van der Waals surface area (Å²) in [5.74, 6) is 1.07. The van der Waals surface area contributed by atoms with Crippen LogP contribution in [-0.4, -0.2) is 51.8 Å². The van der Waals surface area contributed by atoms with Gasteiger partial charge >= 0.3 is 0 Å². The van der Waals surface area contributed by atoms with Gasteiger partial charge in [-0.1, -0.05) is 11.8 Å². The normalized spacial score (nSPS) is 23.9. The number of phenols is 1. The standard InChI is InChI=1S/C17H27N3O2S/c1-14-6-10-19(11-7-14)15-8-12-20(13-9-15)18-23(22)17-4-2-16(21)3-5-17/h2-5,14-15,18,21H,6-13H2,1H3. The molecule has 2 N–H and O–H groups in total. The second-order valence-electron chi connectivity index (χ2n) is 6.79. The van der Waals surface area contributed by atoms with Crippen molar-refractivity contribution < 1.29 is 9.66 Å². The van der Waals surface area contributed by atoms with Crippen molar-refractivity contribution in [3.63, 3.8) is 0 Å². The molecule has 2 heterocycles. The van der Waals surface area contributed by atoms with Gasteiger partial charge in [-0.15, -0.1) is 0 Å². The first-order valence-electron chi connectivity index (χ1n) is 8.58. The topological polar surface area (TPSA) is 61.8 Å². The van der Waals surface area contributed by atoms with Crippen LogP contribution in [0.2, 0.25) is 0 Å². The lowest BCUT2D eigenvalue weighted by Gasteiger charge is -2.41. The first-order valence-corrected chi connectivity index (χ1v) is 9.73. The number of hydrogen-bond acceptors (Lipinski definition) is 5. The van der Waals surface area contributed by atoms with Gasteiger partial charge in [0.05, 0.1) is 11.4 Å². The van der Waals surface area contributed by atoms with E-state index in [-0.39, 0.29) is 5.75 Å². The van der Waals surface area contributed by atoms with Crippen molar-refractivity contribution in [3.8, 4) is 5.75 Å². The van der Waals surface area contributed by atoms with E-state index in [1.54, 1.807) is 24.3 Å². The summed E-state index contributed by atoms with van der Waals surface area (Å²) in [7, 11) is 0. The number of benzene rings is 1. The molecule has 1 aromatic carbocycles. The van der Waals surface area contributed by atoms with Gasteiger partial charge in [0.15, 0.2) is 4.90 Å². The summed E-state index contributed by atoms with van der Waals surface area (Å²) in [5.41, 5.74) is 0. The molecule has 128 valence electrons. The highest BCUT2D eigenvalue weighted by atomic mass is 32.2. The zero-order chi connectivity index (χ0) is 16.2. The van der Waals surface area contributed by atoms with E-state index < -0.39 is 11.4 Å². The molecular formula is C17H27N3O2S. The number of phenolic OH excluding ortho intramolecular Hbond substituents is 1. The zero-order valence-electron chi connectivity index (χ0n) is 13.8. The molecular weight excluding hydrogens is 310 g/mol. The maximum Gasteiger partial charge on any atom is 0.175 e. The van der Waals surface area contributed by atoms with E-state index in [9.17, 15) is 9.66 Å². The number of piperidine rings is 2. The Kier molecular flexibility index (Phi) is 5.82. The predicted octanol–water partition coefficient (Wildman–Crippen LogP) is 2.12. The molecule has 2 fully saturated rings. The number of rotatable bonds is 4. The molecule has 0 saturated carbocycles. The van der Waals surface area contributed by atoms with Gasteiger partial charge in [-0.3, -0.25) is 0 Å². The van der Waals surface area contributed by atoms with Gasteiger partial charge in [0, 0.05) is 19.1 Å². The number of nitrogens with one attached hydrogen (secondary N) is 1. The first kappa shape index (κ1) is 17.0. The summed E-state index contributed by atoms with van der Waals surface area (Å²) < 4.78 is 12.3. The maximum absolute atomic E-state index is 12.3. The molecule has 0 amide bonds. The lowest BCUT2D eigenvalue weighted by atomic mass is 9.95. The quantitative estimate of drug-likeness (QED) is 0.824. The monoisotopic (exact) mass is 337 g/mol.